The van der Waals surface area contributed by atoms with Crippen LogP contribution >= 0.6 is 11.8 Å². The number of benzene rings is 1. The second-order valence-corrected chi connectivity index (χ2v) is 18.2. The normalized spacial score (nSPS) is 12.2. The van der Waals surface area contributed by atoms with Gasteiger partial charge in [-0.1, -0.05) is 167 Å². The Kier molecular flexibility index (Phi) is 31.4. The van der Waals surface area contributed by atoms with Crippen LogP contribution in [-0.4, -0.2) is 74.9 Å². The maximum atomic E-state index is 13.6. The summed E-state index contributed by atoms with van der Waals surface area (Å²) in [5.41, 5.74) is 6.18. The van der Waals surface area contributed by atoms with Gasteiger partial charge in [0, 0.05) is 31.2 Å². The molecular weight excluding hydrogens is 837 g/mol. The fourth-order valence-corrected chi connectivity index (χ4v) is 8.45. The van der Waals surface area contributed by atoms with E-state index in [1.807, 2.05) is 0 Å². The van der Waals surface area contributed by atoms with Gasteiger partial charge < -0.3 is 27.0 Å². The third-order valence-electron chi connectivity index (χ3n) is 11.5. The highest BCUT2D eigenvalue weighted by Crippen LogP contribution is 2.28. The summed E-state index contributed by atoms with van der Waals surface area (Å²) in [7, 11) is 0. The van der Waals surface area contributed by atoms with E-state index in [1.165, 1.54) is 115 Å². The van der Waals surface area contributed by atoms with E-state index in [0.29, 0.717) is 37.9 Å². The fourth-order valence-electron chi connectivity index (χ4n) is 7.58. The van der Waals surface area contributed by atoms with E-state index in [-0.39, 0.29) is 46.5 Å². The van der Waals surface area contributed by atoms with E-state index in [1.54, 1.807) is 0 Å². The molecular formula is C47H80N8O8S. The first-order chi connectivity index (χ1) is 31.1. The van der Waals surface area contributed by atoms with Gasteiger partial charge in [-0.3, -0.25) is 34.1 Å². The summed E-state index contributed by atoms with van der Waals surface area (Å²) < 4.78 is 4.71. The minimum atomic E-state index is -1.15. The number of primary amides is 1. The zero-order chi connectivity index (χ0) is 46.6. The second kappa shape index (κ2) is 36.0. The molecule has 2 aromatic rings. The zero-order valence-electron chi connectivity index (χ0n) is 39.0. The lowest BCUT2D eigenvalue weighted by Crippen LogP contribution is -2.55. The molecule has 0 unspecified atom stereocenters. The number of rotatable bonds is 41. The largest absolute Gasteiger partial charge is 0.383 e. The first-order valence-electron chi connectivity index (χ1n) is 24.5. The standard InChI is InChI=1S/C47H80N8O8S/c1-3-5-7-9-11-13-15-16-18-20-22-24-26-31-43(58)64-36-39(51-42(57)35-50-41(56)30-25-23-21-19-17-14-12-10-8-6-4-2)47(60)52-38(46(48)59)29-27-28-34-49-37-32-33-40(55(61)62)45-44(37)53-63-54-45/h32-33,38-39,49H,3-31,34-36H2,1-2H3,(H2,48,59)(H,50,56)(H,51,57)(H,52,60)/t38-,39-/m0/s1. The minimum Gasteiger partial charge on any atom is -0.383 e. The van der Waals surface area contributed by atoms with Crippen molar-refractivity contribution < 1.29 is 33.5 Å². The van der Waals surface area contributed by atoms with Gasteiger partial charge in [-0.2, -0.15) is 0 Å². The number of carbonyl (C=O) groups excluding carboxylic acids is 5. The molecule has 0 aliphatic carbocycles. The molecule has 17 heteroatoms. The number of hydrogen-bond donors (Lipinski definition) is 5. The summed E-state index contributed by atoms with van der Waals surface area (Å²) in [6.07, 6.45) is 30.3. The summed E-state index contributed by atoms with van der Waals surface area (Å²) in [5, 5.41) is 29.7. The number of thioether (sulfide) groups is 1. The van der Waals surface area contributed by atoms with Crippen molar-refractivity contribution in [2.24, 2.45) is 5.73 Å². The van der Waals surface area contributed by atoms with Crippen molar-refractivity contribution in [2.75, 3.05) is 24.2 Å². The van der Waals surface area contributed by atoms with Gasteiger partial charge in [0.2, 0.25) is 29.1 Å². The highest BCUT2D eigenvalue weighted by molar-refractivity contribution is 8.13. The number of non-ortho nitro benzene ring substituents is 1. The van der Waals surface area contributed by atoms with E-state index in [9.17, 15) is 34.1 Å². The van der Waals surface area contributed by atoms with Crippen molar-refractivity contribution in [3.63, 3.8) is 0 Å². The van der Waals surface area contributed by atoms with Gasteiger partial charge in [-0.05, 0) is 48.5 Å². The highest BCUT2D eigenvalue weighted by Gasteiger charge is 2.27. The Labute approximate surface area is 385 Å². The Bertz CT molecular complexity index is 1640. The molecule has 2 atom stereocenters. The number of nitrogens with two attached hydrogens (primary N) is 1. The quantitative estimate of drug-likeness (QED) is 0.0238. The van der Waals surface area contributed by atoms with Crippen molar-refractivity contribution >= 4 is 62.9 Å². The van der Waals surface area contributed by atoms with Crippen molar-refractivity contribution in [2.45, 2.75) is 212 Å². The van der Waals surface area contributed by atoms with Crippen molar-refractivity contribution in [3.8, 4) is 0 Å². The molecule has 6 N–H and O–H groups in total. The predicted molar refractivity (Wildman–Crippen MR) is 256 cm³/mol. The lowest BCUT2D eigenvalue weighted by molar-refractivity contribution is -0.383. The minimum absolute atomic E-state index is 0.0227. The maximum Gasteiger partial charge on any atom is 0.300 e. The smallest absolute Gasteiger partial charge is 0.300 e. The number of hydrogen-bond acceptors (Lipinski definition) is 12. The van der Waals surface area contributed by atoms with E-state index in [0.717, 1.165) is 63.1 Å². The third kappa shape index (κ3) is 25.9. The molecule has 16 nitrogen and oxygen atoms in total. The molecule has 1 aromatic heterocycles. The molecule has 1 aromatic carbocycles. The van der Waals surface area contributed by atoms with Gasteiger partial charge in [0.05, 0.1) is 17.2 Å². The maximum absolute atomic E-state index is 13.6. The molecule has 0 saturated carbocycles. The molecule has 4 amide bonds. The first kappa shape index (κ1) is 55.9. The molecule has 0 fully saturated rings. The summed E-state index contributed by atoms with van der Waals surface area (Å²) in [5.74, 6) is -2.28. The average Bonchev–Trinajstić information content (AvgIpc) is 3.77. The third-order valence-corrected chi connectivity index (χ3v) is 12.5. The van der Waals surface area contributed by atoms with Crippen molar-refractivity contribution in [3.05, 3.63) is 22.2 Å². The van der Waals surface area contributed by atoms with Crippen LogP contribution in [0.15, 0.2) is 16.8 Å². The van der Waals surface area contributed by atoms with Gasteiger partial charge in [-0.25, -0.2) is 4.63 Å². The van der Waals surface area contributed by atoms with Gasteiger partial charge in [0.25, 0.3) is 0 Å². The van der Waals surface area contributed by atoms with Gasteiger partial charge in [-0.15, -0.1) is 0 Å². The van der Waals surface area contributed by atoms with Crippen LogP contribution in [0.5, 0.6) is 0 Å². The molecule has 362 valence electrons. The molecule has 0 bridgehead atoms. The average molecular weight is 917 g/mol. The van der Waals surface area contributed by atoms with E-state index in [2.05, 4.69) is 45.4 Å². The number of nitrogens with one attached hydrogen (secondary N) is 4. The summed E-state index contributed by atoms with van der Waals surface area (Å²) in [6.45, 7) is 4.54. The van der Waals surface area contributed by atoms with Crippen molar-refractivity contribution in [1.29, 1.82) is 0 Å². The number of fused-ring (bicyclic) bond motifs is 1. The molecule has 0 aliphatic heterocycles. The van der Waals surface area contributed by atoms with Crippen LogP contribution in [0.1, 0.15) is 200 Å². The summed E-state index contributed by atoms with van der Waals surface area (Å²) >= 11 is 0.970. The van der Waals surface area contributed by atoms with Crippen LogP contribution in [0, 0.1) is 10.1 Å². The Hall–Kier alpha value is -4.28. The van der Waals surface area contributed by atoms with Crippen LogP contribution in [0.2, 0.25) is 0 Å². The van der Waals surface area contributed by atoms with E-state index in [4.69, 9.17) is 10.4 Å². The van der Waals surface area contributed by atoms with Gasteiger partial charge in [0.1, 0.15) is 12.1 Å². The van der Waals surface area contributed by atoms with Crippen LogP contribution in [0.25, 0.3) is 11.0 Å². The van der Waals surface area contributed by atoms with Gasteiger partial charge >= 0.3 is 5.69 Å². The Morgan fingerprint density at radius 2 is 1.17 bits per heavy atom. The number of anilines is 1. The molecule has 64 heavy (non-hydrogen) atoms. The summed E-state index contributed by atoms with van der Waals surface area (Å²) in [4.78, 5) is 75.2. The summed E-state index contributed by atoms with van der Waals surface area (Å²) in [6, 6.07) is 0.622. The predicted octanol–water partition coefficient (Wildman–Crippen LogP) is 9.73. The molecule has 2 rings (SSSR count). The van der Waals surface area contributed by atoms with Crippen LogP contribution in [0.3, 0.4) is 0 Å². The van der Waals surface area contributed by atoms with Crippen LogP contribution in [-0.2, 0) is 24.0 Å². The number of carbonyl (C=O) groups is 5. The Morgan fingerprint density at radius 1 is 0.656 bits per heavy atom. The van der Waals surface area contributed by atoms with E-state index >= 15 is 0 Å². The number of aromatic nitrogens is 2. The van der Waals surface area contributed by atoms with Gasteiger partial charge in [0.15, 0.2) is 10.6 Å². The lowest BCUT2D eigenvalue weighted by atomic mass is 10.0. The molecule has 0 aliphatic rings. The Balaban J connectivity index is 1.82. The number of nitrogens with zero attached hydrogens (tertiary/aromatic N) is 3. The number of amides is 4. The van der Waals surface area contributed by atoms with E-state index < -0.39 is 34.7 Å². The molecule has 0 saturated heterocycles. The zero-order valence-corrected chi connectivity index (χ0v) is 39.8. The van der Waals surface area contributed by atoms with Crippen LogP contribution < -0.4 is 27.0 Å². The first-order valence-corrected chi connectivity index (χ1v) is 25.5. The fraction of sp³-hybridized carbons (Fsp3) is 0.766. The number of nitro groups is 1. The lowest BCUT2D eigenvalue weighted by Gasteiger charge is -2.22. The number of unbranched alkanes of at least 4 members (excludes halogenated alkanes) is 23. The Morgan fingerprint density at radius 3 is 1.70 bits per heavy atom. The molecule has 1 heterocycles. The SMILES string of the molecule is CCCCCCCCCCCCCCCC(=O)SC[C@H](NC(=O)CNC(=O)CCCCCCCCCCCCC)C(=O)N[C@@H](CCCCNc1ccc([N+](=O)[O-])c2nonc12)C(N)=O. The number of nitro benzene ring substituents is 1. The highest BCUT2D eigenvalue weighted by atomic mass is 32.2. The van der Waals surface area contributed by atoms with Crippen LogP contribution in [0.4, 0.5) is 11.4 Å². The van der Waals surface area contributed by atoms with Crippen molar-refractivity contribution in [1.82, 2.24) is 26.3 Å². The molecule has 0 radical (unpaired) electrons. The monoisotopic (exact) mass is 917 g/mol. The second-order valence-electron chi connectivity index (χ2n) is 17.1. The molecule has 0 spiro atoms. The topological polar surface area (TPSA) is 242 Å².